The van der Waals surface area contributed by atoms with Crippen LogP contribution in [0.15, 0.2) is 18.3 Å². The number of pyridine rings is 1. The molecule has 0 aromatic carbocycles. The fourth-order valence-electron chi connectivity index (χ4n) is 1.65. The first-order valence-electron chi connectivity index (χ1n) is 6.05. The van der Waals surface area contributed by atoms with Gasteiger partial charge in [-0.05, 0) is 32.4 Å². The first-order valence-corrected chi connectivity index (χ1v) is 6.05. The van der Waals surface area contributed by atoms with E-state index in [2.05, 4.69) is 17.2 Å². The number of nitrogens with one attached hydrogen (secondary N) is 1. The summed E-state index contributed by atoms with van der Waals surface area (Å²) in [5.41, 5.74) is 1.42. The van der Waals surface area contributed by atoms with Gasteiger partial charge in [-0.2, -0.15) is 0 Å². The Morgan fingerprint density at radius 2 is 2.18 bits per heavy atom. The summed E-state index contributed by atoms with van der Waals surface area (Å²) >= 11 is 0. The van der Waals surface area contributed by atoms with Crippen LogP contribution in [0, 0.1) is 0 Å². The van der Waals surface area contributed by atoms with Gasteiger partial charge in [-0.15, -0.1) is 0 Å². The summed E-state index contributed by atoms with van der Waals surface area (Å²) in [6, 6.07) is 3.83. The van der Waals surface area contributed by atoms with Crippen molar-refractivity contribution in [3.8, 4) is 0 Å². The number of nitrogens with zero attached hydrogens (tertiary/aromatic N) is 2. The van der Waals surface area contributed by atoms with E-state index >= 15 is 0 Å². The van der Waals surface area contributed by atoms with Crippen molar-refractivity contribution in [1.82, 2.24) is 9.88 Å². The van der Waals surface area contributed by atoms with Crippen LogP contribution in [0.4, 0.5) is 5.69 Å². The molecule has 0 aliphatic heterocycles. The predicted molar refractivity (Wildman–Crippen MR) is 70.2 cm³/mol. The Bertz CT molecular complexity index is 359. The van der Waals surface area contributed by atoms with Crippen molar-refractivity contribution >= 4 is 11.6 Å². The molecule has 1 amide bonds. The van der Waals surface area contributed by atoms with E-state index in [1.807, 2.05) is 31.9 Å². The van der Waals surface area contributed by atoms with Gasteiger partial charge in [-0.1, -0.05) is 6.92 Å². The normalized spacial score (nSPS) is 10.4. The van der Waals surface area contributed by atoms with Gasteiger partial charge in [-0.3, -0.25) is 4.79 Å². The number of hydrogen-bond donors (Lipinski definition) is 1. The summed E-state index contributed by atoms with van der Waals surface area (Å²) in [7, 11) is 1.83. The number of amides is 1. The van der Waals surface area contributed by atoms with E-state index in [4.69, 9.17) is 0 Å². The summed E-state index contributed by atoms with van der Waals surface area (Å²) in [5, 5.41) is 2.98. The summed E-state index contributed by atoms with van der Waals surface area (Å²) in [4.78, 5) is 18.2. The SMILES string of the molecule is CCCN(C(=O)c1ccc(NC)cn1)C(C)C. The van der Waals surface area contributed by atoms with E-state index in [9.17, 15) is 4.79 Å². The second kappa shape index (κ2) is 6.23. The van der Waals surface area contributed by atoms with Crippen molar-refractivity contribution < 1.29 is 4.79 Å². The first-order chi connectivity index (χ1) is 8.10. The van der Waals surface area contributed by atoms with Crippen molar-refractivity contribution in [3.05, 3.63) is 24.0 Å². The van der Waals surface area contributed by atoms with E-state index in [0.717, 1.165) is 18.7 Å². The summed E-state index contributed by atoms with van der Waals surface area (Å²) in [6.07, 6.45) is 2.64. The maximum Gasteiger partial charge on any atom is 0.272 e. The number of rotatable bonds is 5. The largest absolute Gasteiger partial charge is 0.387 e. The molecule has 0 saturated heterocycles. The average molecular weight is 235 g/mol. The number of carbonyl (C=O) groups excluding carboxylic acids is 1. The Morgan fingerprint density at radius 1 is 1.47 bits per heavy atom. The monoisotopic (exact) mass is 235 g/mol. The molecular formula is C13H21N3O. The van der Waals surface area contributed by atoms with Crippen LogP contribution in [0.2, 0.25) is 0 Å². The van der Waals surface area contributed by atoms with E-state index in [-0.39, 0.29) is 11.9 Å². The topological polar surface area (TPSA) is 45.2 Å². The zero-order valence-corrected chi connectivity index (χ0v) is 11.0. The molecule has 0 aliphatic carbocycles. The van der Waals surface area contributed by atoms with Crippen LogP contribution >= 0.6 is 0 Å². The Morgan fingerprint density at radius 3 is 2.59 bits per heavy atom. The molecule has 0 fully saturated rings. The van der Waals surface area contributed by atoms with Gasteiger partial charge in [0.05, 0.1) is 11.9 Å². The van der Waals surface area contributed by atoms with E-state index in [1.54, 1.807) is 12.3 Å². The van der Waals surface area contributed by atoms with Gasteiger partial charge in [0, 0.05) is 19.6 Å². The highest BCUT2D eigenvalue weighted by Gasteiger charge is 2.18. The minimum absolute atomic E-state index is 0.00417. The number of aromatic nitrogens is 1. The van der Waals surface area contributed by atoms with Gasteiger partial charge < -0.3 is 10.2 Å². The van der Waals surface area contributed by atoms with Crippen LogP contribution in [0.1, 0.15) is 37.7 Å². The molecule has 1 N–H and O–H groups in total. The maximum atomic E-state index is 12.2. The molecule has 94 valence electrons. The van der Waals surface area contributed by atoms with Crippen LogP contribution < -0.4 is 5.32 Å². The maximum absolute atomic E-state index is 12.2. The lowest BCUT2D eigenvalue weighted by Gasteiger charge is -2.25. The van der Waals surface area contributed by atoms with E-state index in [0.29, 0.717) is 5.69 Å². The van der Waals surface area contributed by atoms with Crippen LogP contribution in [0.5, 0.6) is 0 Å². The van der Waals surface area contributed by atoms with Crippen LogP contribution in [-0.4, -0.2) is 35.4 Å². The van der Waals surface area contributed by atoms with Crippen LogP contribution in [0.3, 0.4) is 0 Å². The average Bonchev–Trinajstić information content (AvgIpc) is 2.35. The van der Waals surface area contributed by atoms with Gasteiger partial charge >= 0.3 is 0 Å². The molecule has 0 radical (unpaired) electrons. The van der Waals surface area contributed by atoms with Gasteiger partial charge in [0.2, 0.25) is 0 Å². The molecule has 1 aromatic rings. The van der Waals surface area contributed by atoms with Crippen LogP contribution in [-0.2, 0) is 0 Å². The van der Waals surface area contributed by atoms with Gasteiger partial charge in [0.1, 0.15) is 5.69 Å². The minimum Gasteiger partial charge on any atom is -0.387 e. The molecule has 0 saturated carbocycles. The minimum atomic E-state index is 0.00417. The second-order valence-electron chi connectivity index (χ2n) is 4.27. The zero-order chi connectivity index (χ0) is 12.8. The highest BCUT2D eigenvalue weighted by molar-refractivity contribution is 5.92. The van der Waals surface area contributed by atoms with Crippen molar-refractivity contribution in [3.63, 3.8) is 0 Å². The lowest BCUT2D eigenvalue weighted by Crippen LogP contribution is -2.37. The second-order valence-corrected chi connectivity index (χ2v) is 4.27. The van der Waals surface area contributed by atoms with Gasteiger partial charge in [0.25, 0.3) is 5.91 Å². The lowest BCUT2D eigenvalue weighted by molar-refractivity contribution is 0.0700. The number of carbonyl (C=O) groups is 1. The van der Waals surface area contributed by atoms with Crippen molar-refractivity contribution in [1.29, 1.82) is 0 Å². The highest BCUT2D eigenvalue weighted by atomic mass is 16.2. The molecule has 0 atom stereocenters. The molecule has 4 heteroatoms. The fourth-order valence-corrected chi connectivity index (χ4v) is 1.65. The summed E-state index contributed by atoms with van der Waals surface area (Å²) in [5.74, 6) is 0.00417. The summed E-state index contributed by atoms with van der Waals surface area (Å²) in [6.45, 7) is 6.89. The molecule has 1 rings (SSSR count). The molecule has 1 heterocycles. The van der Waals surface area contributed by atoms with Gasteiger partial charge in [-0.25, -0.2) is 4.98 Å². The third kappa shape index (κ3) is 3.44. The molecular weight excluding hydrogens is 214 g/mol. The molecule has 0 aliphatic rings. The molecule has 1 aromatic heterocycles. The lowest BCUT2D eigenvalue weighted by atomic mass is 10.2. The molecule has 4 nitrogen and oxygen atoms in total. The zero-order valence-electron chi connectivity index (χ0n) is 11.0. The Balaban J connectivity index is 2.85. The van der Waals surface area contributed by atoms with Gasteiger partial charge in [0.15, 0.2) is 0 Å². The molecule has 17 heavy (non-hydrogen) atoms. The van der Waals surface area contributed by atoms with Crippen molar-refractivity contribution in [2.45, 2.75) is 33.2 Å². The number of anilines is 1. The van der Waals surface area contributed by atoms with E-state index in [1.165, 1.54) is 0 Å². The third-order valence-corrected chi connectivity index (χ3v) is 2.62. The molecule has 0 unspecified atom stereocenters. The Kier molecular flexibility index (Phi) is 4.94. The Hall–Kier alpha value is -1.58. The van der Waals surface area contributed by atoms with E-state index < -0.39 is 0 Å². The van der Waals surface area contributed by atoms with Crippen LogP contribution in [0.25, 0.3) is 0 Å². The van der Waals surface area contributed by atoms with Crippen molar-refractivity contribution in [2.75, 3.05) is 18.9 Å². The fraction of sp³-hybridized carbons (Fsp3) is 0.538. The predicted octanol–water partition coefficient (Wildman–Crippen LogP) is 2.38. The quantitative estimate of drug-likeness (QED) is 0.852. The standard InChI is InChI=1S/C13H21N3O/c1-5-8-16(10(2)3)13(17)12-7-6-11(14-4)9-15-12/h6-7,9-10,14H,5,8H2,1-4H3. The third-order valence-electron chi connectivity index (χ3n) is 2.62. The highest BCUT2D eigenvalue weighted by Crippen LogP contribution is 2.10. The summed E-state index contributed by atoms with van der Waals surface area (Å²) < 4.78 is 0. The molecule has 0 spiro atoms. The smallest absolute Gasteiger partial charge is 0.272 e. The molecule has 0 bridgehead atoms. The number of hydrogen-bond acceptors (Lipinski definition) is 3. The van der Waals surface area contributed by atoms with Crippen molar-refractivity contribution in [2.24, 2.45) is 0 Å². The Labute approximate surface area is 103 Å². The first kappa shape index (κ1) is 13.5.